The largest absolute Gasteiger partial charge is 0.466 e. The number of hydrogen-bond donors (Lipinski definition) is 1. The van der Waals surface area contributed by atoms with Gasteiger partial charge in [-0.1, -0.05) is 80.1 Å². The molecule has 324 valence electrons. The molecule has 0 aromatic carbocycles. The van der Waals surface area contributed by atoms with Crippen molar-refractivity contribution >= 4 is 47.6 Å². The molecule has 0 aromatic rings. The Labute approximate surface area is 332 Å². The van der Waals surface area contributed by atoms with Gasteiger partial charge in [0.2, 0.25) is 5.60 Å². The van der Waals surface area contributed by atoms with Gasteiger partial charge in [0.05, 0.1) is 58.9 Å². The van der Waals surface area contributed by atoms with Crippen molar-refractivity contribution in [3.05, 3.63) is 0 Å². The number of esters is 7. The third-order valence-electron chi connectivity index (χ3n) is 7.95. The topological polar surface area (TPSA) is 221 Å². The van der Waals surface area contributed by atoms with E-state index in [1.165, 1.54) is 0 Å². The minimum absolute atomic E-state index is 0.00195. The summed E-state index contributed by atoms with van der Waals surface area (Å²) < 4.78 is 35.6. The fourth-order valence-electron chi connectivity index (χ4n) is 4.69. The maximum Gasteiger partial charge on any atom is 0.351 e. The summed E-state index contributed by atoms with van der Waals surface area (Å²) in [5.41, 5.74) is -4.77. The maximum atomic E-state index is 12.7. The highest BCUT2D eigenvalue weighted by atomic mass is 16.6. The third kappa shape index (κ3) is 23.1. The van der Waals surface area contributed by atoms with Crippen LogP contribution in [-0.4, -0.2) is 104 Å². The smallest absolute Gasteiger partial charge is 0.351 e. The molecule has 0 spiro atoms. The van der Waals surface area contributed by atoms with Gasteiger partial charge in [-0.15, -0.1) is 0 Å². The number of rotatable bonds is 30. The number of aliphatic hydroxyl groups is 1. The third-order valence-corrected chi connectivity index (χ3v) is 7.95. The summed E-state index contributed by atoms with van der Waals surface area (Å²) in [6.07, 6.45) is 6.26. The van der Waals surface area contributed by atoms with Crippen LogP contribution in [0.5, 0.6) is 0 Å². The second-order valence-electron chi connectivity index (χ2n) is 13.3. The van der Waals surface area contributed by atoms with Gasteiger partial charge in [-0.2, -0.15) is 0 Å². The lowest BCUT2D eigenvalue weighted by atomic mass is 9.81. The monoisotopic (exact) mass is 804 g/mol. The second kappa shape index (κ2) is 32.1. The molecule has 2 atom stereocenters. The number of ketones is 1. The predicted molar refractivity (Wildman–Crippen MR) is 203 cm³/mol. The Kier molecular flexibility index (Phi) is 30.9. The van der Waals surface area contributed by atoms with Gasteiger partial charge in [0.15, 0.2) is 11.5 Å². The Bertz CT molecular complexity index is 1120. The van der Waals surface area contributed by atoms with E-state index in [0.717, 1.165) is 52.4 Å². The van der Waals surface area contributed by atoms with Crippen LogP contribution in [0.15, 0.2) is 0 Å². The van der Waals surface area contributed by atoms with Gasteiger partial charge >= 0.3 is 41.8 Å². The molecule has 0 bridgehead atoms. The van der Waals surface area contributed by atoms with Crippen LogP contribution in [0.1, 0.15) is 152 Å². The molecule has 0 rings (SSSR count). The molecule has 0 aliphatic carbocycles. The molecular formula is C40H68O16. The number of carbonyl (C=O) groups excluding carboxylic acids is 8. The van der Waals surface area contributed by atoms with Crippen LogP contribution in [0, 0.1) is 5.92 Å². The van der Waals surface area contributed by atoms with Crippen molar-refractivity contribution < 1.29 is 76.6 Å². The first-order chi connectivity index (χ1) is 26.5. The molecular weight excluding hydrogens is 736 g/mol. The van der Waals surface area contributed by atoms with Crippen molar-refractivity contribution in [3.63, 3.8) is 0 Å². The van der Waals surface area contributed by atoms with E-state index < -0.39 is 84.0 Å². The molecule has 16 heteroatoms. The summed E-state index contributed by atoms with van der Waals surface area (Å²) in [6.45, 7) is 14.2. The SMILES string of the molecule is CCCCOC(=O)CC(CC(=O)OCCCC)(OC(C)=O)C(=O)OCCCC.CCCCOC(=O)CC(O)(C(=O)OCCCC)C(C(C)=O)C(=O)OCCCC. The van der Waals surface area contributed by atoms with Crippen molar-refractivity contribution in [1.29, 1.82) is 0 Å². The Balaban J connectivity index is 0. The number of unbranched alkanes of at least 4 members (excludes halogenated alkanes) is 6. The first-order valence-corrected chi connectivity index (χ1v) is 20.0. The molecule has 0 saturated heterocycles. The molecule has 16 nitrogen and oxygen atoms in total. The van der Waals surface area contributed by atoms with Crippen LogP contribution in [0.25, 0.3) is 0 Å². The average Bonchev–Trinajstić information content (AvgIpc) is 3.12. The predicted octanol–water partition coefficient (Wildman–Crippen LogP) is 5.44. The highest BCUT2D eigenvalue weighted by Crippen LogP contribution is 2.28. The molecule has 0 radical (unpaired) electrons. The molecule has 0 amide bonds. The molecule has 56 heavy (non-hydrogen) atoms. The number of carbonyl (C=O) groups is 8. The van der Waals surface area contributed by atoms with E-state index in [2.05, 4.69) is 0 Å². The summed E-state index contributed by atoms with van der Waals surface area (Å²) >= 11 is 0. The van der Waals surface area contributed by atoms with Crippen LogP contribution in [0.2, 0.25) is 0 Å². The fourth-order valence-corrected chi connectivity index (χ4v) is 4.69. The van der Waals surface area contributed by atoms with Crippen LogP contribution in [0.4, 0.5) is 0 Å². The summed E-state index contributed by atoms with van der Waals surface area (Å²) in [5.74, 6) is -9.07. The molecule has 0 heterocycles. The maximum absolute atomic E-state index is 12.7. The first-order valence-electron chi connectivity index (χ1n) is 20.0. The zero-order valence-corrected chi connectivity index (χ0v) is 35.0. The normalized spacial score (nSPS) is 12.4. The van der Waals surface area contributed by atoms with E-state index in [1.807, 2.05) is 41.5 Å². The van der Waals surface area contributed by atoms with Crippen molar-refractivity contribution in [2.24, 2.45) is 5.92 Å². The van der Waals surface area contributed by atoms with Gasteiger partial charge in [-0.25, -0.2) is 9.59 Å². The molecule has 0 aromatic heterocycles. The number of ether oxygens (including phenoxy) is 7. The van der Waals surface area contributed by atoms with Crippen LogP contribution in [0.3, 0.4) is 0 Å². The second-order valence-corrected chi connectivity index (χ2v) is 13.3. The highest BCUT2D eigenvalue weighted by Gasteiger charge is 2.54. The molecule has 0 fully saturated rings. The number of hydrogen-bond acceptors (Lipinski definition) is 16. The minimum Gasteiger partial charge on any atom is -0.466 e. The Morgan fingerprint density at radius 3 is 1.12 bits per heavy atom. The number of Topliss-reactive ketones (excluding diaryl/α,β-unsaturated/α-hetero) is 1. The minimum atomic E-state index is -2.67. The van der Waals surface area contributed by atoms with Crippen molar-refractivity contribution in [3.8, 4) is 0 Å². The van der Waals surface area contributed by atoms with Gasteiger partial charge in [0.25, 0.3) is 0 Å². The van der Waals surface area contributed by atoms with Crippen LogP contribution >= 0.6 is 0 Å². The van der Waals surface area contributed by atoms with Gasteiger partial charge in [0, 0.05) is 6.92 Å². The summed E-state index contributed by atoms with van der Waals surface area (Å²) in [4.78, 5) is 98.0. The lowest BCUT2D eigenvalue weighted by Crippen LogP contribution is -2.55. The van der Waals surface area contributed by atoms with Crippen LogP contribution < -0.4 is 0 Å². The Morgan fingerprint density at radius 1 is 0.464 bits per heavy atom. The van der Waals surface area contributed by atoms with E-state index in [9.17, 15) is 43.5 Å². The lowest BCUT2D eigenvalue weighted by molar-refractivity contribution is -0.190. The van der Waals surface area contributed by atoms with E-state index in [1.54, 1.807) is 0 Å². The van der Waals surface area contributed by atoms with Gasteiger partial charge in [-0.05, 0) is 45.4 Å². The first kappa shape index (κ1) is 54.0. The summed E-state index contributed by atoms with van der Waals surface area (Å²) in [5, 5.41) is 11.0. The quantitative estimate of drug-likeness (QED) is 0.0413. The van der Waals surface area contributed by atoms with Gasteiger partial charge < -0.3 is 38.3 Å². The molecule has 2 unspecified atom stereocenters. The summed E-state index contributed by atoms with van der Waals surface area (Å²) in [6, 6.07) is 0. The molecule has 0 saturated carbocycles. The molecule has 1 N–H and O–H groups in total. The zero-order valence-electron chi connectivity index (χ0n) is 35.0. The zero-order chi connectivity index (χ0) is 43.0. The van der Waals surface area contributed by atoms with E-state index in [4.69, 9.17) is 33.2 Å². The van der Waals surface area contributed by atoms with Crippen molar-refractivity contribution in [2.45, 2.75) is 163 Å². The lowest BCUT2D eigenvalue weighted by Gasteiger charge is -2.30. The summed E-state index contributed by atoms with van der Waals surface area (Å²) in [7, 11) is 0. The van der Waals surface area contributed by atoms with E-state index in [0.29, 0.717) is 38.5 Å². The van der Waals surface area contributed by atoms with Crippen molar-refractivity contribution in [1.82, 2.24) is 0 Å². The van der Waals surface area contributed by atoms with Gasteiger partial charge in [0.1, 0.15) is 5.78 Å². The fraction of sp³-hybridized carbons (Fsp3) is 0.800. The van der Waals surface area contributed by atoms with E-state index in [-0.39, 0.29) is 39.6 Å². The Hall–Kier alpha value is -4.08. The average molecular weight is 805 g/mol. The molecule has 0 aliphatic rings. The highest BCUT2D eigenvalue weighted by molar-refractivity contribution is 6.05. The van der Waals surface area contributed by atoms with Gasteiger partial charge in [-0.3, -0.25) is 28.8 Å². The van der Waals surface area contributed by atoms with E-state index >= 15 is 0 Å². The molecule has 0 aliphatic heterocycles. The standard InChI is InChI=1S/2C20H34O8/c1-5-8-11-25-17(22)14-20(28-16(4)21,19(24)27-13-10-7-3)15-18(23)26-12-9-6-2;1-5-8-11-26-16(22)14-20(25,19(24)28-13-10-7-3)17(15(4)21)18(23)27-12-9-6-2/h5-15H2,1-4H3;17,25H,5-14H2,1-4H3. The Morgan fingerprint density at radius 2 is 0.786 bits per heavy atom. The van der Waals surface area contributed by atoms with Crippen LogP contribution in [-0.2, 0) is 71.5 Å². The van der Waals surface area contributed by atoms with Crippen molar-refractivity contribution in [2.75, 3.05) is 39.6 Å².